The van der Waals surface area contributed by atoms with Gasteiger partial charge in [0.1, 0.15) is 0 Å². The van der Waals surface area contributed by atoms with E-state index >= 15 is 0 Å². The van der Waals surface area contributed by atoms with Gasteiger partial charge in [0, 0.05) is 6.54 Å². The maximum absolute atomic E-state index is 11.5. The maximum Gasteiger partial charge on any atom is 0.261 e. The van der Waals surface area contributed by atoms with Gasteiger partial charge in [0.2, 0.25) is 0 Å². The van der Waals surface area contributed by atoms with Gasteiger partial charge in [-0.2, -0.15) is 0 Å². The number of carbonyl (C=O) groups is 1. The molecule has 0 unspecified atom stereocenters. The first-order chi connectivity index (χ1) is 7.27. The smallest absolute Gasteiger partial charge is 0.261 e. The van der Waals surface area contributed by atoms with Crippen LogP contribution in [0.15, 0.2) is 17.5 Å². The van der Waals surface area contributed by atoms with Gasteiger partial charge in [0.25, 0.3) is 5.91 Å². The van der Waals surface area contributed by atoms with Crippen molar-refractivity contribution in [3.05, 3.63) is 22.4 Å². The Balaban J connectivity index is 1.67. The minimum atomic E-state index is -0.228. The summed E-state index contributed by atoms with van der Waals surface area (Å²) in [6, 6.07) is 3.66. The molecule has 2 N–H and O–H groups in total. The molecule has 1 atom stereocenters. The Morgan fingerprint density at radius 3 is 3.07 bits per heavy atom. The molecule has 0 aliphatic heterocycles. The van der Waals surface area contributed by atoms with Crippen molar-refractivity contribution in [3.63, 3.8) is 0 Å². The van der Waals surface area contributed by atoms with Crippen LogP contribution in [0.1, 0.15) is 28.9 Å². The molecule has 1 fully saturated rings. The third-order valence-electron chi connectivity index (χ3n) is 2.64. The van der Waals surface area contributed by atoms with Crippen LogP contribution in [0.25, 0.3) is 0 Å². The summed E-state index contributed by atoms with van der Waals surface area (Å²) in [6.45, 7) is 0.564. The molecular formula is C11H15NO2S. The third kappa shape index (κ3) is 3.04. The van der Waals surface area contributed by atoms with Crippen molar-refractivity contribution >= 4 is 17.2 Å². The normalized spacial score (nSPS) is 17.4. The fourth-order valence-electron chi connectivity index (χ4n) is 1.55. The molecule has 1 aliphatic rings. The largest absolute Gasteiger partial charge is 0.393 e. The summed E-state index contributed by atoms with van der Waals surface area (Å²) in [5.74, 6) is 0.455. The van der Waals surface area contributed by atoms with E-state index in [0.29, 0.717) is 18.9 Å². The number of aliphatic hydroxyl groups excluding tert-OH is 1. The Labute approximate surface area is 93.1 Å². The van der Waals surface area contributed by atoms with Crippen molar-refractivity contribution in [1.82, 2.24) is 5.32 Å². The van der Waals surface area contributed by atoms with E-state index in [1.54, 1.807) is 6.07 Å². The van der Waals surface area contributed by atoms with Crippen LogP contribution in [0, 0.1) is 5.92 Å². The summed E-state index contributed by atoms with van der Waals surface area (Å²) in [4.78, 5) is 12.2. The lowest BCUT2D eigenvalue weighted by molar-refractivity contribution is 0.0941. The summed E-state index contributed by atoms with van der Waals surface area (Å²) in [5.41, 5.74) is 0. The van der Waals surface area contributed by atoms with Gasteiger partial charge >= 0.3 is 0 Å². The van der Waals surface area contributed by atoms with Crippen LogP contribution in [-0.4, -0.2) is 23.7 Å². The van der Waals surface area contributed by atoms with Crippen molar-refractivity contribution in [1.29, 1.82) is 0 Å². The summed E-state index contributed by atoms with van der Waals surface area (Å²) in [5, 5.41) is 14.3. The highest BCUT2D eigenvalue weighted by Gasteiger charge is 2.29. The minimum Gasteiger partial charge on any atom is -0.393 e. The third-order valence-corrected chi connectivity index (χ3v) is 3.51. The van der Waals surface area contributed by atoms with Crippen LogP contribution in [-0.2, 0) is 0 Å². The van der Waals surface area contributed by atoms with E-state index in [1.165, 1.54) is 11.3 Å². The zero-order chi connectivity index (χ0) is 10.7. The lowest BCUT2D eigenvalue weighted by Gasteiger charge is -2.09. The molecule has 0 bridgehead atoms. The maximum atomic E-state index is 11.5. The van der Waals surface area contributed by atoms with Crippen molar-refractivity contribution in [3.8, 4) is 0 Å². The van der Waals surface area contributed by atoms with Gasteiger partial charge < -0.3 is 10.4 Å². The van der Waals surface area contributed by atoms with Crippen molar-refractivity contribution < 1.29 is 9.90 Å². The Bertz CT molecular complexity index is 319. The van der Waals surface area contributed by atoms with E-state index in [2.05, 4.69) is 5.32 Å². The number of thiophene rings is 1. The molecular weight excluding hydrogens is 210 g/mol. The second-order valence-electron chi connectivity index (χ2n) is 3.93. The van der Waals surface area contributed by atoms with Crippen LogP contribution in [0.3, 0.4) is 0 Å². The molecule has 1 aromatic rings. The second kappa shape index (κ2) is 4.77. The zero-order valence-corrected chi connectivity index (χ0v) is 9.30. The van der Waals surface area contributed by atoms with Gasteiger partial charge in [0.15, 0.2) is 0 Å². The molecule has 4 heteroatoms. The summed E-state index contributed by atoms with van der Waals surface area (Å²) >= 11 is 1.43. The summed E-state index contributed by atoms with van der Waals surface area (Å²) < 4.78 is 0. The van der Waals surface area contributed by atoms with E-state index in [-0.39, 0.29) is 12.0 Å². The molecule has 1 amide bonds. The fraction of sp³-hybridized carbons (Fsp3) is 0.545. The molecule has 3 nitrogen and oxygen atoms in total. The van der Waals surface area contributed by atoms with E-state index in [4.69, 9.17) is 0 Å². The monoisotopic (exact) mass is 225 g/mol. The van der Waals surface area contributed by atoms with Crippen molar-refractivity contribution in [2.45, 2.75) is 25.4 Å². The fourth-order valence-corrected chi connectivity index (χ4v) is 2.19. The molecule has 1 aliphatic carbocycles. The van der Waals surface area contributed by atoms with Crippen LogP contribution in [0.2, 0.25) is 0 Å². The van der Waals surface area contributed by atoms with E-state index in [0.717, 1.165) is 17.7 Å². The molecule has 82 valence electrons. The van der Waals surface area contributed by atoms with Crippen molar-refractivity contribution in [2.75, 3.05) is 6.54 Å². The van der Waals surface area contributed by atoms with Crippen LogP contribution >= 0.6 is 11.3 Å². The first-order valence-corrected chi connectivity index (χ1v) is 6.15. The van der Waals surface area contributed by atoms with Crippen LogP contribution in [0.4, 0.5) is 0 Å². The van der Waals surface area contributed by atoms with Crippen LogP contribution in [0.5, 0.6) is 0 Å². The Hall–Kier alpha value is -0.870. The highest BCUT2D eigenvalue weighted by atomic mass is 32.1. The van der Waals surface area contributed by atoms with Gasteiger partial charge in [-0.25, -0.2) is 0 Å². The quantitative estimate of drug-likeness (QED) is 0.800. The lowest BCUT2D eigenvalue weighted by atomic mass is 10.1. The zero-order valence-electron chi connectivity index (χ0n) is 8.48. The van der Waals surface area contributed by atoms with Gasteiger partial charge in [-0.15, -0.1) is 11.3 Å². The molecule has 15 heavy (non-hydrogen) atoms. The highest BCUT2D eigenvalue weighted by Crippen LogP contribution is 2.33. The number of hydrogen-bond donors (Lipinski definition) is 2. The molecule has 0 saturated heterocycles. The summed E-state index contributed by atoms with van der Waals surface area (Å²) in [7, 11) is 0. The molecule has 2 rings (SSSR count). The molecule has 1 saturated carbocycles. The minimum absolute atomic E-state index is 0.0343. The topological polar surface area (TPSA) is 49.3 Å². The number of rotatable bonds is 5. The number of aliphatic hydroxyl groups is 1. The van der Waals surface area contributed by atoms with Crippen molar-refractivity contribution in [2.24, 2.45) is 5.92 Å². The first kappa shape index (κ1) is 10.6. The van der Waals surface area contributed by atoms with Gasteiger partial charge in [-0.1, -0.05) is 6.07 Å². The molecule has 1 heterocycles. The van der Waals surface area contributed by atoms with Gasteiger partial charge in [-0.3, -0.25) is 4.79 Å². The molecule has 1 aromatic heterocycles. The van der Waals surface area contributed by atoms with Gasteiger partial charge in [0.05, 0.1) is 11.0 Å². The molecule has 0 aromatic carbocycles. The number of hydrogen-bond acceptors (Lipinski definition) is 3. The van der Waals surface area contributed by atoms with E-state index < -0.39 is 0 Å². The molecule has 0 spiro atoms. The predicted octanol–water partition coefficient (Wildman–Crippen LogP) is 1.64. The van der Waals surface area contributed by atoms with Crippen LogP contribution < -0.4 is 5.32 Å². The SMILES string of the molecule is O=C(NCC[C@H](O)C1CC1)c1cccs1. The Morgan fingerprint density at radius 1 is 1.67 bits per heavy atom. The number of nitrogens with one attached hydrogen (secondary N) is 1. The van der Waals surface area contributed by atoms with E-state index in [1.807, 2.05) is 11.4 Å². The Morgan fingerprint density at radius 2 is 2.47 bits per heavy atom. The molecule has 0 radical (unpaired) electrons. The Kier molecular flexibility index (Phi) is 3.38. The average molecular weight is 225 g/mol. The highest BCUT2D eigenvalue weighted by molar-refractivity contribution is 7.12. The predicted molar refractivity (Wildman–Crippen MR) is 60.0 cm³/mol. The lowest BCUT2D eigenvalue weighted by Crippen LogP contribution is -2.27. The second-order valence-corrected chi connectivity index (χ2v) is 4.87. The first-order valence-electron chi connectivity index (χ1n) is 5.27. The van der Waals surface area contributed by atoms with Gasteiger partial charge in [-0.05, 0) is 36.6 Å². The number of carbonyl (C=O) groups excluding carboxylic acids is 1. The summed E-state index contributed by atoms with van der Waals surface area (Å²) in [6.07, 6.45) is 2.72. The van der Waals surface area contributed by atoms with E-state index in [9.17, 15) is 9.90 Å². The standard InChI is InChI=1S/C11H15NO2S/c13-9(8-3-4-8)5-6-12-11(14)10-2-1-7-15-10/h1-2,7-9,13H,3-6H2,(H,12,14)/t9-/m0/s1. The number of amides is 1. The average Bonchev–Trinajstić information content (AvgIpc) is 2.93.